The lowest BCUT2D eigenvalue weighted by Crippen LogP contribution is -2.48. The molecule has 1 unspecified atom stereocenters. The Morgan fingerprint density at radius 3 is 2.33 bits per heavy atom. The maximum atomic E-state index is 12.6. The van der Waals surface area contributed by atoms with Gasteiger partial charge in [-0.25, -0.2) is 0 Å². The Balaban J connectivity index is 2.02. The Bertz CT molecular complexity index is 617. The molecule has 5 heteroatoms. The summed E-state index contributed by atoms with van der Waals surface area (Å²) in [7, 11) is 0. The summed E-state index contributed by atoms with van der Waals surface area (Å²) in [6.07, 6.45) is 1.12. The van der Waals surface area contributed by atoms with E-state index in [0.717, 1.165) is 12.1 Å². The fraction of sp³-hybridized carbons (Fsp3) is 0.579. The van der Waals surface area contributed by atoms with Crippen molar-refractivity contribution in [2.24, 2.45) is 11.3 Å². The zero-order valence-electron chi connectivity index (χ0n) is 15.1. The predicted octanol–water partition coefficient (Wildman–Crippen LogP) is 4.02. The Kier molecular flexibility index (Phi) is 5.28. The lowest BCUT2D eigenvalue weighted by atomic mass is 9.81. The molecule has 2 amide bonds. The molecule has 132 valence electrons. The van der Waals surface area contributed by atoms with Gasteiger partial charge < -0.3 is 10.2 Å². The summed E-state index contributed by atoms with van der Waals surface area (Å²) in [5, 5.41) is 3.75. The first-order chi connectivity index (χ1) is 11.0. The molecule has 2 rings (SSSR count). The van der Waals surface area contributed by atoms with Gasteiger partial charge in [-0.2, -0.15) is 0 Å². The molecular formula is C19H27ClN2O2. The summed E-state index contributed by atoms with van der Waals surface area (Å²) in [5.74, 6) is -0.382. The molecule has 4 nitrogen and oxygen atoms in total. The highest BCUT2D eigenvalue weighted by molar-refractivity contribution is 6.30. The van der Waals surface area contributed by atoms with Crippen molar-refractivity contribution in [1.82, 2.24) is 5.32 Å². The van der Waals surface area contributed by atoms with Crippen LogP contribution in [0.2, 0.25) is 5.02 Å². The quantitative estimate of drug-likeness (QED) is 0.891. The Hall–Kier alpha value is -1.55. The minimum atomic E-state index is -0.313. The van der Waals surface area contributed by atoms with Crippen molar-refractivity contribution in [3.8, 4) is 0 Å². The van der Waals surface area contributed by atoms with Gasteiger partial charge in [0.05, 0.1) is 5.92 Å². The minimum Gasteiger partial charge on any atom is -0.351 e. The van der Waals surface area contributed by atoms with Gasteiger partial charge in [0.1, 0.15) is 0 Å². The molecule has 1 fully saturated rings. The second-order valence-electron chi connectivity index (χ2n) is 8.49. The van der Waals surface area contributed by atoms with Crippen LogP contribution in [0.1, 0.15) is 47.5 Å². The zero-order valence-corrected chi connectivity index (χ0v) is 15.9. The molecule has 1 aromatic carbocycles. The number of rotatable bonds is 4. The van der Waals surface area contributed by atoms with Crippen molar-refractivity contribution in [1.29, 1.82) is 0 Å². The largest absolute Gasteiger partial charge is 0.351 e. The third kappa shape index (κ3) is 4.97. The van der Waals surface area contributed by atoms with E-state index >= 15 is 0 Å². The summed E-state index contributed by atoms with van der Waals surface area (Å²) in [5.41, 5.74) is 0.609. The van der Waals surface area contributed by atoms with E-state index in [9.17, 15) is 9.59 Å². The van der Waals surface area contributed by atoms with Crippen molar-refractivity contribution in [2.75, 3.05) is 11.4 Å². The molecule has 24 heavy (non-hydrogen) atoms. The second-order valence-corrected chi connectivity index (χ2v) is 8.93. The normalized spacial score (nSPS) is 18.8. The van der Waals surface area contributed by atoms with Gasteiger partial charge in [0.15, 0.2) is 0 Å². The maximum absolute atomic E-state index is 12.6. The smallest absolute Gasteiger partial charge is 0.227 e. The molecule has 0 bridgehead atoms. The molecule has 1 heterocycles. The monoisotopic (exact) mass is 350 g/mol. The first kappa shape index (κ1) is 18.8. The molecule has 0 saturated carbocycles. The topological polar surface area (TPSA) is 49.4 Å². The van der Waals surface area contributed by atoms with Crippen LogP contribution >= 0.6 is 11.6 Å². The van der Waals surface area contributed by atoms with Gasteiger partial charge in [0.25, 0.3) is 0 Å². The van der Waals surface area contributed by atoms with Crippen molar-refractivity contribution in [3.05, 3.63) is 29.3 Å². The van der Waals surface area contributed by atoms with Gasteiger partial charge >= 0.3 is 0 Å². The molecule has 0 aromatic heterocycles. The van der Waals surface area contributed by atoms with E-state index in [4.69, 9.17) is 11.6 Å². The van der Waals surface area contributed by atoms with Gasteiger partial charge in [-0.15, -0.1) is 0 Å². The Morgan fingerprint density at radius 2 is 1.79 bits per heavy atom. The van der Waals surface area contributed by atoms with Crippen LogP contribution < -0.4 is 10.2 Å². The van der Waals surface area contributed by atoms with E-state index in [1.54, 1.807) is 17.0 Å². The number of carbonyl (C=O) groups excluding carboxylic acids is 2. The van der Waals surface area contributed by atoms with Gasteiger partial charge in [-0.1, -0.05) is 32.4 Å². The molecule has 1 aliphatic heterocycles. The van der Waals surface area contributed by atoms with E-state index in [1.807, 2.05) is 26.0 Å². The lowest BCUT2D eigenvalue weighted by molar-refractivity contribution is -0.128. The molecule has 1 N–H and O–H groups in total. The molecule has 1 atom stereocenters. The van der Waals surface area contributed by atoms with Gasteiger partial charge in [-0.3, -0.25) is 9.59 Å². The fourth-order valence-corrected chi connectivity index (χ4v) is 3.69. The maximum Gasteiger partial charge on any atom is 0.227 e. The highest BCUT2D eigenvalue weighted by Crippen LogP contribution is 2.29. The highest BCUT2D eigenvalue weighted by atomic mass is 35.5. The number of anilines is 1. The number of hydrogen-bond acceptors (Lipinski definition) is 2. The van der Waals surface area contributed by atoms with Crippen LogP contribution in [0.3, 0.4) is 0 Å². The van der Waals surface area contributed by atoms with Crippen molar-refractivity contribution in [2.45, 2.75) is 53.0 Å². The van der Waals surface area contributed by atoms with Crippen molar-refractivity contribution < 1.29 is 9.59 Å². The summed E-state index contributed by atoms with van der Waals surface area (Å²) < 4.78 is 0. The van der Waals surface area contributed by atoms with Gasteiger partial charge in [0, 0.05) is 29.2 Å². The van der Waals surface area contributed by atoms with Crippen LogP contribution in [0.25, 0.3) is 0 Å². The van der Waals surface area contributed by atoms with E-state index in [1.165, 1.54) is 0 Å². The molecule has 1 saturated heterocycles. The third-order valence-electron chi connectivity index (χ3n) is 4.07. The highest BCUT2D eigenvalue weighted by Gasteiger charge is 2.37. The number of hydrogen-bond donors (Lipinski definition) is 1. The molecular weight excluding hydrogens is 324 g/mol. The third-order valence-corrected chi connectivity index (χ3v) is 4.32. The van der Waals surface area contributed by atoms with Crippen LogP contribution in [0.5, 0.6) is 0 Å². The van der Waals surface area contributed by atoms with Gasteiger partial charge in [0.2, 0.25) is 11.8 Å². The van der Waals surface area contributed by atoms with Crippen LogP contribution in [0, 0.1) is 11.3 Å². The number of carbonyl (C=O) groups is 2. The average molecular weight is 351 g/mol. The Labute approximate surface area is 149 Å². The molecule has 0 radical (unpaired) electrons. The molecule has 0 aliphatic carbocycles. The number of nitrogens with one attached hydrogen (secondary N) is 1. The number of halogens is 1. The van der Waals surface area contributed by atoms with E-state index in [2.05, 4.69) is 26.1 Å². The average Bonchev–Trinajstić information content (AvgIpc) is 2.78. The summed E-state index contributed by atoms with van der Waals surface area (Å²) in [6, 6.07) is 7.13. The van der Waals surface area contributed by atoms with Crippen LogP contribution in [0.15, 0.2) is 24.3 Å². The van der Waals surface area contributed by atoms with Crippen LogP contribution in [0.4, 0.5) is 5.69 Å². The van der Waals surface area contributed by atoms with E-state index in [0.29, 0.717) is 11.6 Å². The van der Waals surface area contributed by atoms with Crippen molar-refractivity contribution in [3.63, 3.8) is 0 Å². The molecule has 1 aliphatic rings. The van der Waals surface area contributed by atoms with Gasteiger partial charge in [-0.05, 0) is 49.9 Å². The zero-order chi connectivity index (χ0) is 18.1. The minimum absolute atomic E-state index is 0.0221. The lowest BCUT2D eigenvalue weighted by Gasteiger charge is -2.34. The molecule has 1 aromatic rings. The Morgan fingerprint density at radius 1 is 1.21 bits per heavy atom. The SMILES string of the molecule is CC(C)(C)CC(C)(C)NC(=O)C1CC(=O)N(c2ccc(Cl)cc2)C1. The standard InChI is InChI=1S/C19H27ClN2O2/c1-18(2,3)12-19(4,5)21-17(24)13-10-16(23)22(11-13)15-8-6-14(20)7-9-15/h6-9,13H,10-12H2,1-5H3,(H,21,24). The first-order valence-corrected chi connectivity index (χ1v) is 8.73. The molecule has 0 spiro atoms. The first-order valence-electron chi connectivity index (χ1n) is 8.35. The second kappa shape index (κ2) is 6.75. The fourth-order valence-electron chi connectivity index (χ4n) is 3.56. The summed E-state index contributed by atoms with van der Waals surface area (Å²) in [6.45, 7) is 10.9. The van der Waals surface area contributed by atoms with Crippen LogP contribution in [-0.4, -0.2) is 23.9 Å². The van der Waals surface area contributed by atoms with E-state index < -0.39 is 0 Å². The number of benzene rings is 1. The van der Waals surface area contributed by atoms with Crippen molar-refractivity contribution >= 4 is 29.1 Å². The predicted molar refractivity (Wildman–Crippen MR) is 98.2 cm³/mol. The number of amides is 2. The summed E-state index contributed by atoms with van der Waals surface area (Å²) >= 11 is 5.89. The number of nitrogens with zero attached hydrogens (tertiary/aromatic N) is 1. The van der Waals surface area contributed by atoms with E-state index in [-0.39, 0.29) is 35.1 Å². The van der Waals surface area contributed by atoms with Crippen LogP contribution in [-0.2, 0) is 9.59 Å². The summed E-state index contributed by atoms with van der Waals surface area (Å²) in [4.78, 5) is 26.6.